The largest absolute Gasteiger partial charge is 0.369 e. The normalized spacial score (nSPS) is 15.7. The number of hydrogen-bond acceptors (Lipinski definition) is 4. The Hall–Kier alpha value is -1.60. The third-order valence-corrected chi connectivity index (χ3v) is 8.13. The first-order chi connectivity index (χ1) is 13.1. The summed E-state index contributed by atoms with van der Waals surface area (Å²) in [7, 11) is -3.75. The van der Waals surface area contributed by atoms with Gasteiger partial charge < -0.3 is 4.90 Å². The molecule has 5 nitrogen and oxygen atoms in total. The summed E-state index contributed by atoms with van der Waals surface area (Å²) in [6.45, 7) is 6.74. The van der Waals surface area contributed by atoms with E-state index in [1.807, 2.05) is 12.1 Å². The molecule has 1 aliphatic heterocycles. The zero-order valence-electron chi connectivity index (χ0n) is 16.0. The van der Waals surface area contributed by atoms with Crippen LogP contribution in [0.1, 0.15) is 28.4 Å². The van der Waals surface area contributed by atoms with Crippen molar-refractivity contribution in [2.75, 3.05) is 31.1 Å². The molecule has 3 rings (SSSR count). The molecule has 0 spiro atoms. The molecule has 150 valence electrons. The molecular weight excluding hydrogens is 419 g/mol. The zero-order chi connectivity index (χ0) is 20.6. The molecule has 0 aliphatic carbocycles. The van der Waals surface area contributed by atoms with Crippen LogP contribution in [0.25, 0.3) is 0 Å². The fourth-order valence-corrected chi connectivity index (χ4v) is 5.93. The summed E-state index contributed by atoms with van der Waals surface area (Å²) in [5.41, 5.74) is 2.74. The summed E-state index contributed by atoms with van der Waals surface area (Å²) in [6, 6.07) is 9.04. The van der Waals surface area contributed by atoms with Crippen molar-refractivity contribution in [3.8, 4) is 0 Å². The van der Waals surface area contributed by atoms with Crippen molar-refractivity contribution in [3.05, 3.63) is 57.1 Å². The third kappa shape index (κ3) is 3.92. The summed E-state index contributed by atoms with van der Waals surface area (Å²) in [6.07, 6.45) is 0. The Bertz CT molecular complexity index is 986. The molecular formula is C20H22Cl2N2O3S. The number of aryl methyl sites for hydroxylation is 1. The molecule has 2 aromatic rings. The topological polar surface area (TPSA) is 57.7 Å². The fourth-order valence-electron chi connectivity index (χ4n) is 3.34. The Kier molecular flexibility index (Phi) is 6.05. The van der Waals surface area contributed by atoms with Crippen molar-refractivity contribution in [1.29, 1.82) is 0 Å². The lowest BCUT2D eigenvalue weighted by molar-refractivity contribution is 0.101. The Morgan fingerprint density at radius 2 is 1.57 bits per heavy atom. The maximum absolute atomic E-state index is 13.2. The number of benzene rings is 2. The van der Waals surface area contributed by atoms with Crippen LogP contribution in [0.4, 0.5) is 5.69 Å². The molecule has 2 aromatic carbocycles. The summed E-state index contributed by atoms with van der Waals surface area (Å²) < 4.78 is 27.9. The standard InChI is InChI=1S/C20H22Cl2N2O3S/c1-13-12-18(21)14(2)20(19(13)22)28(26,27)24-10-8-23(9-11-24)17-6-4-16(5-7-17)15(3)25/h4-7,12H,8-11H2,1-3H3. The maximum atomic E-state index is 13.2. The van der Waals surface area contributed by atoms with Gasteiger partial charge in [-0.3, -0.25) is 4.79 Å². The number of carbonyl (C=O) groups is 1. The van der Waals surface area contributed by atoms with Crippen LogP contribution in [0.5, 0.6) is 0 Å². The van der Waals surface area contributed by atoms with Gasteiger partial charge in [-0.15, -0.1) is 0 Å². The Morgan fingerprint density at radius 3 is 2.11 bits per heavy atom. The van der Waals surface area contributed by atoms with Gasteiger partial charge in [-0.25, -0.2) is 8.42 Å². The van der Waals surface area contributed by atoms with Crippen molar-refractivity contribution >= 4 is 44.7 Å². The van der Waals surface area contributed by atoms with Gasteiger partial charge in [-0.05, 0) is 62.2 Å². The van der Waals surface area contributed by atoms with E-state index in [0.29, 0.717) is 47.9 Å². The molecule has 0 aromatic heterocycles. The van der Waals surface area contributed by atoms with Crippen molar-refractivity contribution in [2.45, 2.75) is 25.7 Å². The maximum Gasteiger partial charge on any atom is 0.245 e. The number of nitrogens with zero attached hydrogens (tertiary/aromatic N) is 2. The molecule has 28 heavy (non-hydrogen) atoms. The Morgan fingerprint density at radius 1 is 1.00 bits per heavy atom. The van der Waals surface area contributed by atoms with Crippen molar-refractivity contribution in [3.63, 3.8) is 0 Å². The van der Waals surface area contributed by atoms with Crippen molar-refractivity contribution in [2.24, 2.45) is 0 Å². The number of halogens is 2. The van der Waals surface area contributed by atoms with E-state index >= 15 is 0 Å². The predicted molar refractivity (Wildman–Crippen MR) is 113 cm³/mol. The number of ketones is 1. The van der Waals surface area contributed by atoms with Crippen LogP contribution in [-0.4, -0.2) is 44.7 Å². The number of sulfonamides is 1. The molecule has 0 amide bonds. The molecule has 0 saturated carbocycles. The number of carbonyl (C=O) groups excluding carboxylic acids is 1. The second kappa shape index (κ2) is 8.03. The minimum atomic E-state index is -3.75. The second-order valence-corrected chi connectivity index (χ2v) is 9.60. The average Bonchev–Trinajstić information content (AvgIpc) is 2.66. The lowest BCUT2D eigenvalue weighted by atomic mass is 10.1. The molecule has 8 heteroatoms. The van der Waals surface area contributed by atoms with E-state index in [0.717, 1.165) is 5.69 Å². The van der Waals surface area contributed by atoms with Gasteiger partial charge >= 0.3 is 0 Å². The monoisotopic (exact) mass is 440 g/mol. The Labute approximate surface area is 175 Å². The Balaban J connectivity index is 1.80. The highest BCUT2D eigenvalue weighted by Gasteiger charge is 2.32. The minimum absolute atomic E-state index is 0.0199. The van der Waals surface area contributed by atoms with Gasteiger partial charge in [0.15, 0.2) is 5.78 Å². The number of hydrogen-bond donors (Lipinski definition) is 0. The molecule has 0 bridgehead atoms. The highest BCUT2D eigenvalue weighted by molar-refractivity contribution is 7.89. The molecule has 1 heterocycles. The van der Waals surface area contributed by atoms with E-state index in [9.17, 15) is 13.2 Å². The van der Waals surface area contributed by atoms with Crippen LogP contribution >= 0.6 is 23.2 Å². The average molecular weight is 441 g/mol. The number of Topliss-reactive ketones (excluding diaryl/α,β-unsaturated/α-hetero) is 1. The summed E-state index contributed by atoms with van der Waals surface area (Å²) in [4.78, 5) is 13.6. The molecule has 0 N–H and O–H groups in total. The van der Waals surface area contributed by atoms with Crippen molar-refractivity contribution in [1.82, 2.24) is 4.31 Å². The van der Waals surface area contributed by atoms with Crippen LogP contribution in [0.2, 0.25) is 10.0 Å². The van der Waals surface area contributed by atoms with E-state index in [1.54, 1.807) is 32.0 Å². The molecule has 1 saturated heterocycles. The van der Waals surface area contributed by atoms with Gasteiger partial charge in [0.2, 0.25) is 10.0 Å². The van der Waals surface area contributed by atoms with Crippen LogP contribution in [-0.2, 0) is 10.0 Å². The predicted octanol–water partition coefficient (Wildman–Crippen LogP) is 4.32. The van der Waals surface area contributed by atoms with Crippen LogP contribution in [0.3, 0.4) is 0 Å². The third-order valence-electron chi connectivity index (χ3n) is 5.06. The minimum Gasteiger partial charge on any atom is -0.369 e. The first-order valence-electron chi connectivity index (χ1n) is 8.94. The fraction of sp³-hybridized carbons (Fsp3) is 0.350. The summed E-state index contributed by atoms with van der Waals surface area (Å²) >= 11 is 12.5. The number of anilines is 1. The van der Waals surface area contributed by atoms with Crippen LogP contribution in [0, 0.1) is 13.8 Å². The van der Waals surface area contributed by atoms with E-state index in [-0.39, 0.29) is 15.7 Å². The van der Waals surface area contributed by atoms with E-state index in [1.165, 1.54) is 11.2 Å². The van der Waals surface area contributed by atoms with E-state index < -0.39 is 10.0 Å². The van der Waals surface area contributed by atoms with E-state index in [2.05, 4.69) is 4.90 Å². The highest BCUT2D eigenvalue weighted by atomic mass is 35.5. The van der Waals surface area contributed by atoms with Gasteiger partial charge in [-0.2, -0.15) is 4.31 Å². The zero-order valence-corrected chi connectivity index (χ0v) is 18.3. The van der Waals surface area contributed by atoms with E-state index in [4.69, 9.17) is 23.2 Å². The molecule has 0 radical (unpaired) electrons. The van der Waals surface area contributed by atoms with Gasteiger partial charge in [0.25, 0.3) is 0 Å². The molecule has 0 unspecified atom stereocenters. The SMILES string of the molecule is CC(=O)c1ccc(N2CCN(S(=O)(=O)c3c(C)c(Cl)cc(C)c3Cl)CC2)cc1. The van der Waals surface area contributed by atoms with Gasteiger partial charge in [0.1, 0.15) is 4.90 Å². The summed E-state index contributed by atoms with van der Waals surface area (Å²) in [5, 5.41) is 0.619. The second-order valence-electron chi connectivity index (χ2n) is 6.94. The molecule has 1 aliphatic rings. The number of piperazine rings is 1. The molecule has 0 atom stereocenters. The smallest absolute Gasteiger partial charge is 0.245 e. The van der Waals surface area contributed by atoms with Crippen molar-refractivity contribution < 1.29 is 13.2 Å². The lowest BCUT2D eigenvalue weighted by Crippen LogP contribution is -2.48. The lowest BCUT2D eigenvalue weighted by Gasteiger charge is -2.36. The first-order valence-corrected chi connectivity index (χ1v) is 11.1. The van der Waals surface area contributed by atoms with Gasteiger partial charge in [-0.1, -0.05) is 23.2 Å². The van der Waals surface area contributed by atoms with Gasteiger partial charge in [0.05, 0.1) is 5.02 Å². The first kappa shape index (κ1) is 21.1. The number of rotatable bonds is 4. The van der Waals surface area contributed by atoms with Gasteiger partial charge in [0, 0.05) is 42.5 Å². The summed E-state index contributed by atoms with van der Waals surface area (Å²) in [5.74, 6) is 0.0199. The van der Waals surface area contributed by atoms with Crippen LogP contribution < -0.4 is 4.90 Å². The quantitative estimate of drug-likeness (QED) is 0.663. The molecule has 1 fully saturated rings. The highest BCUT2D eigenvalue weighted by Crippen LogP contribution is 2.35. The van der Waals surface area contributed by atoms with Crippen LogP contribution in [0.15, 0.2) is 35.2 Å².